The fourth-order valence-corrected chi connectivity index (χ4v) is 1.73. The highest BCUT2D eigenvalue weighted by Crippen LogP contribution is 2.19. The minimum atomic E-state index is 0.800. The standard InChI is InChI=1S/C12H16N4/c1-14-12-4-3-11(13)9-10(12)5-8-16-7-2-6-15-16/h2-4,6-7,9,14H,5,8,13H2,1H3. The fourth-order valence-electron chi connectivity index (χ4n) is 1.73. The molecule has 2 aromatic rings. The van der Waals surface area contributed by atoms with Gasteiger partial charge in [0.15, 0.2) is 0 Å². The van der Waals surface area contributed by atoms with E-state index in [-0.39, 0.29) is 0 Å². The lowest BCUT2D eigenvalue weighted by atomic mass is 10.1. The van der Waals surface area contributed by atoms with E-state index in [1.165, 1.54) is 5.56 Å². The Balaban J connectivity index is 2.11. The van der Waals surface area contributed by atoms with E-state index in [4.69, 9.17) is 5.73 Å². The van der Waals surface area contributed by atoms with E-state index >= 15 is 0 Å². The van der Waals surface area contributed by atoms with E-state index in [9.17, 15) is 0 Å². The molecule has 0 fully saturated rings. The number of anilines is 2. The second kappa shape index (κ2) is 4.70. The molecular formula is C12H16N4. The molecule has 0 amide bonds. The molecule has 0 saturated heterocycles. The maximum Gasteiger partial charge on any atom is 0.0489 e. The Morgan fingerprint density at radius 2 is 2.31 bits per heavy atom. The molecule has 0 aliphatic rings. The van der Waals surface area contributed by atoms with Gasteiger partial charge in [-0.1, -0.05) is 0 Å². The van der Waals surface area contributed by atoms with Gasteiger partial charge in [0.25, 0.3) is 0 Å². The summed E-state index contributed by atoms with van der Waals surface area (Å²) in [6.07, 6.45) is 4.67. The molecule has 0 aliphatic heterocycles. The van der Waals surface area contributed by atoms with E-state index in [1.807, 2.05) is 42.2 Å². The lowest BCUT2D eigenvalue weighted by Crippen LogP contribution is -2.04. The van der Waals surface area contributed by atoms with Crippen molar-refractivity contribution in [1.29, 1.82) is 0 Å². The third-order valence-electron chi connectivity index (χ3n) is 2.57. The number of aryl methyl sites for hydroxylation is 2. The molecule has 1 aromatic heterocycles. The summed E-state index contributed by atoms with van der Waals surface area (Å²) in [5, 5.41) is 7.34. The Bertz CT molecular complexity index is 448. The van der Waals surface area contributed by atoms with Crippen LogP contribution in [0.5, 0.6) is 0 Å². The van der Waals surface area contributed by atoms with Crippen molar-refractivity contribution in [3.05, 3.63) is 42.2 Å². The number of hydrogen-bond donors (Lipinski definition) is 2. The van der Waals surface area contributed by atoms with Crippen molar-refractivity contribution in [2.45, 2.75) is 13.0 Å². The van der Waals surface area contributed by atoms with Crippen molar-refractivity contribution < 1.29 is 0 Å². The normalized spacial score (nSPS) is 10.3. The predicted molar refractivity (Wildman–Crippen MR) is 66.3 cm³/mol. The van der Waals surface area contributed by atoms with Gasteiger partial charge in [0.1, 0.15) is 0 Å². The maximum atomic E-state index is 5.78. The Labute approximate surface area is 95.1 Å². The molecule has 0 spiro atoms. The van der Waals surface area contributed by atoms with Crippen LogP contribution in [0.25, 0.3) is 0 Å². The van der Waals surface area contributed by atoms with Crippen LogP contribution in [0.3, 0.4) is 0 Å². The summed E-state index contributed by atoms with van der Waals surface area (Å²) in [7, 11) is 1.92. The zero-order valence-electron chi connectivity index (χ0n) is 9.35. The monoisotopic (exact) mass is 216 g/mol. The summed E-state index contributed by atoms with van der Waals surface area (Å²) in [4.78, 5) is 0. The lowest BCUT2D eigenvalue weighted by molar-refractivity contribution is 0.615. The molecule has 16 heavy (non-hydrogen) atoms. The molecular weight excluding hydrogens is 200 g/mol. The van der Waals surface area contributed by atoms with E-state index in [0.717, 1.165) is 24.3 Å². The van der Waals surface area contributed by atoms with Crippen LogP contribution in [0.15, 0.2) is 36.7 Å². The molecule has 84 valence electrons. The zero-order chi connectivity index (χ0) is 11.4. The average molecular weight is 216 g/mol. The van der Waals surface area contributed by atoms with Crippen LogP contribution in [-0.2, 0) is 13.0 Å². The second-order valence-electron chi connectivity index (χ2n) is 3.69. The van der Waals surface area contributed by atoms with Crippen molar-refractivity contribution in [3.8, 4) is 0 Å². The van der Waals surface area contributed by atoms with Crippen LogP contribution in [0, 0.1) is 0 Å². The van der Waals surface area contributed by atoms with Crippen LogP contribution in [0.4, 0.5) is 11.4 Å². The summed E-state index contributed by atoms with van der Waals surface area (Å²) in [6, 6.07) is 7.85. The maximum absolute atomic E-state index is 5.78. The molecule has 0 radical (unpaired) electrons. The molecule has 2 rings (SSSR count). The molecule has 0 aliphatic carbocycles. The summed E-state index contributed by atoms with van der Waals surface area (Å²) < 4.78 is 1.92. The molecule has 1 aromatic carbocycles. The summed E-state index contributed by atoms with van der Waals surface area (Å²) in [5.74, 6) is 0. The second-order valence-corrected chi connectivity index (χ2v) is 3.69. The van der Waals surface area contributed by atoms with Gasteiger partial charge in [0, 0.05) is 37.4 Å². The summed E-state index contributed by atoms with van der Waals surface area (Å²) >= 11 is 0. The number of aromatic nitrogens is 2. The number of benzene rings is 1. The third-order valence-corrected chi connectivity index (χ3v) is 2.57. The molecule has 0 saturated carbocycles. The number of rotatable bonds is 4. The number of hydrogen-bond acceptors (Lipinski definition) is 3. The van der Waals surface area contributed by atoms with Crippen molar-refractivity contribution in [3.63, 3.8) is 0 Å². The van der Waals surface area contributed by atoms with Crippen molar-refractivity contribution >= 4 is 11.4 Å². The number of nitrogens with two attached hydrogens (primary N) is 1. The van der Waals surface area contributed by atoms with E-state index < -0.39 is 0 Å². The van der Waals surface area contributed by atoms with Crippen LogP contribution in [-0.4, -0.2) is 16.8 Å². The van der Waals surface area contributed by atoms with Gasteiger partial charge < -0.3 is 11.1 Å². The predicted octanol–water partition coefficient (Wildman–Crippen LogP) is 1.75. The first-order valence-electron chi connectivity index (χ1n) is 5.33. The number of nitrogens with zero attached hydrogens (tertiary/aromatic N) is 2. The lowest BCUT2D eigenvalue weighted by Gasteiger charge is -2.10. The molecule has 0 bridgehead atoms. The topological polar surface area (TPSA) is 55.9 Å². The van der Waals surface area contributed by atoms with Crippen LogP contribution < -0.4 is 11.1 Å². The van der Waals surface area contributed by atoms with Gasteiger partial charge >= 0.3 is 0 Å². The van der Waals surface area contributed by atoms with E-state index in [2.05, 4.69) is 10.4 Å². The van der Waals surface area contributed by atoms with E-state index in [0.29, 0.717) is 0 Å². The molecule has 0 unspecified atom stereocenters. The highest BCUT2D eigenvalue weighted by atomic mass is 15.3. The first-order chi connectivity index (χ1) is 7.79. The molecule has 4 nitrogen and oxygen atoms in total. The van der Waals surface area contributed by atoms with Gasteiger partial charge in [-0.3, -0.25) is 4.68 Å². The van der Waals surface area contributed by atoms with Crippen molar-refractivity contribution in [2.24, 2.45) is 0 Å². The highest BCUT2D eigenvalue weighted by molar-refractivity contribution is 5.57. The van der Waals surface area contributed by atoms with E-state index in [1.54, 1.807) is 6.20 Å². The number of nitrogen functional groups attached to an aromatic ring is 1. The van der Waals surface area contributed by atoms with Gasteiger partial charge in [0.05, 0.1) is 0 Å². The van der Waals surface area contributed by atoms with Gasteiger partial charge in [0.2, 0.25) is 0 Å². The Morgan fingerprint density at radius 3 is 3.00 bits per heavy atom. The van der Waals surface area contributed by atoms with Crippen LogP contribution in [0.1, 0.15) is 5.56 Å². The Hall–Kier alpha value is -1.97. The third kappa shape index (κ3) is 2.34. The first kappa shape index (κ1) is 10.5. The quantitative estimate of drug-likeness (QED) is 0.765. The minimum absolute atomic E-state index is 0.800. The van der Waals surface area contributed by atoms with Gasteiger partial charge in [-0.05, 0) is 36.2 Å². The Kier molecular flexibility index (Phi) is 3.10. The summed E-state index contributed by atoms with van der Waals surface area (Å²) in [5.41, 5.74) is 8.93. The van der Waals surface area contributed by atoms with Gasteiger partial charge in [-0.25, -0.2) is 0 Å². The average Bonchev–Trinajstić information content (AvgIpc) is 2.79. The Morgan fingerprint density at radius 1 is 1.44 bits per heavy atom. The van der Waals surface area contributed by atoms with Crippen molar-refractivity contribution in [2.75, 3.05) is 18.1 Å². The molecule has 1 heterocycles. The van der Waals surface area contributed by atoms with Gasteiger partial charge in [-0.15, -0.1) is 0 Å². The number of nitrogens with one attached hydrogen (secondary N) is 1. The smallest absolute Gasteiger partial charge is 0.0489 e. The summed E-state index contributed by atoms with van der Waals surface area (Å²) in [6.45, 7) is 0.866. The van der Waals surface area contributed by atoms with Gasteiger partial charge in [-0.2, -0.15) is 5.10 Å². The van der Waals surface area contributed by atoms with Crippen molar-refractivity contribution in [1.82, 2.24) is 9.78 Å². The zero-order valence-corrected chi connectivity index (χ0v) is 9.35. The minimum Gasteiger partial charge on any atom is -0.399 e. The first-order valence-corrected chi connectivity index (χ1v) is 5.33. The van der Waals surface area contributed by atoms with Crippen LogP contribution in [0.2, 0.25) is 0 Å². The van der Waals surface area contributed by atoms with Crippen LogP contribution >= 0.6 is 0 Å². The largest absolute Gasteiger partial charge is 0.399 e. The SMILES string of the molecule is CNc1ccc(N)cc1CCn1cccn1. The molecule has 0 atom stereocenters. The highest BCUT2D eigenvalue weighted by Gasteiger charge is 2.02. The molecule has 4 heteroatoms. The molecule has 3 N–H and O–H groups in total. The fraction of sp³-hybridized carbons (Fsp3) is 0.250.